The second-order valence-electron chi connectivity index (χ2n) is 9.97. The van der Waals surface area contributed by atoms with Crippen molar-refractivity contribution in [3.05, 3.63) is 65.7 Å². The number of hydrogen-bond acceptors (Lipinski definition) is 3. The molecule has 1 heterocycles. The number of nitrogens with zero attached hydrogens (tertiary/aromatic N) is 2. The van der Waals surface area contributed by atoms with Crippen LogP contribution >= 0.6 is 16.1 Å². The van der Waals surface area contributed by atoms with Gasteiger partial charge < -0.3 is 15.5 Å². The summed E-state index contributed by atoms with van der Waals surface area (Å²) in [6.45, 7) is 8.96. The van der Waals surface area contributed by atoms with E-state index in [1.807, 2.05) is 32.9 Å². The predicted octanol–water partition coefficient (Wildman–Crippen LogP) is 5.45. The molecule has 34 heavy (non-hydrogen) atoms. The van der Waals surface area contributed by atoms with E-state index >= 15 is 0 Å². The van der Waals surface area contributed by atoms with Gasteiger partial charge in [0, 0.05) is 18.0 Å². The summed E-state index contributed by atoms with van der Waals surface area (Å²) in [5, 5.41) is 5.91. The zero-order valence-electron chi connectivity index (χ0n) is 20.5. The molecule has 0 unspecified atom stereocenters. The summed E-state index contributed by atoms with van der Waals surface area (Å²) < 4.78 is 4.44. The van der Waals surface area contributed by atoms with Gasteiger partial charge in [0.15, 0.2) is 0 Å². The number of halogens is 1. The van der Waals surface area contributed by atoms with E-state index in [1.54, 1.807) is 18.2 Å². The first-order valence-electron chi connectivity index (χ1n) is 11.9. The zero-order valence-corrected chi connectivity index (χ0v) is 22.1. The fraction of sp³-hybridized carbons (Fsp3) is 0.444. The third-order valence-corrected chi connectivity index (χ3v) is 6.36. The van der Waals surface area contributed by atoms with Gasteiger partial charge in [-0.25, -0.2) is 0 Å². The first-order valence-corrected chi connectivity index (χ1v) is 12.6. The van der Waals surface area contributed by atoms with Gasteiger partial charge in [0.05, 0.1) is 33.9 Å². The number of benzene rings is 2. The summed E-state index contributed by atoms with van der Waals surface area (Å²) >= 11 is 3.33. The van der Waals surface area contributed by atoms with E-state index in [1.165, 1.54) is 5.56 Å². The normalized spacial score (nSPS) is 19.3. The molecular weight excluding hydrogens is 492 g/mol. The number of carbonyl (C=O) groups excluding carboxylic acids is 2. The number of amidine groups is 1. The highest BCUT2D eigenvalue weighted by Crippen LogP contribution is 2.33. The van der Waals surface area contributed by atoms with Gasteiger partial charge in [-0.05, 0) is 57.2 Å². The van der Waals surface area contributed by atoms with Crippen molar-refractivity contribution >= 4 is 39.5 Å². The molecule has 1 aliphatic rings. The number of amides is 2. The van der Waals surface area contributed by atoms with E-state index in [4.69, 9.17) is 0 Å². The Bertz CT molecular complexity index is 1020. The van der Waals surface area contributed by atoms with E-state index in [-0.39, 0.29) is 29.8 Å². The summed E-state index contributed by atoms with van der Waals surface area (Å²) in [5.74, 6) is 1.22. The minimum atomic E-state index is -0.368. The number of likely N-dealkylation sites (tertiary alicyclic amines) is 1. The maximum Gasteiger partial charge on any atom is 0.253 e. The monoisotopic (exact) mass is 526 g/mol. The lowest BCUT2D eigenvalue weighted by Gasteiger charge is -2.22. The van der Waals surface area contributed by atoms with Crippen LogP contribution in [0.2, 0.25) is 0 Å². The lowest BCUT2D eigenvalue weighted by Crippen LogP contribution is -2.41. The summed E-state index contributed by atoms with van der Waals surface area (Å²) in [4.78, 5) is 27.9. The second-order valence-corrected chi connectivity index (χ2v) is 10.3. The molecule has 0 bridgehead atoms. The summed E-state index contributed by atoms with van der Waals surface area (Å²) in [6.07, 6.45) is 3.06. The van der Waals surface area contributed by atoms with Gasteiger partial charge in [0.1, 0.15) is 5.84 Å². The Hall–Kier alpha value is -2.67. The van der Waals surface area contributed by atoms with Crippen molar-refractivity contribution in [1.29, 1.82) is 0 Å². The molecule has 182 valence electrons. The lowest BCUT2D eigenvalue weighted by atomic mass is 9.86. The van der Waals surface area contributed by atoms with Crippen LogP contribution in [0.1, 0.15) is 56.5 Å². The van der Waals surface area contributed by atoms with Crippen LogP contribution in [0.15, 0.2) is 58.6 Å². The Kier molecular flexibility index (Phi) is 8.89. The number of para-hydroxylation sites is 1. The average molecular weight is 528 g/mol. The zero-order chi connectivity index (χ0) is 24.7. The van der Waals surface area contributed by atoms with E-state index in [0.717, 1.165) is 31.6 Å². The fourth-order valence-corrected chi connectivity index (χ4v) is 5.05. The molecule has 7 heteroatoms. The molecule has 2 aromatic carbocycles. The predicted molar refractivity (Wildman–Crippen MR) is 142 cm³/mol. The summed E-state index contributed by atoms with van der Waals surface area (Å²) in [7, 11) is 0. The molecule has 3 rings (SSSR count). The van der Waals surface area contributed by atoms with Crippen molar-refractivity contribution in [1.82, 2.24) is 10.2 Å². The van der Waals surface area contributed by atoms with Gasteiger partial charge in [-0.1, -0.05) is 55.8 Å². The van der Waals surface area contributed by atoms with Crippen molar-refractivity contribution in [2.45, 2.75) is 52.5 Å². The van der Waals surface area contributed by atoms with Gasteiger partial charge in [0.25, 0.3) is 5.91 Å². The van der Waals surface area contributed by atoms with Crippen LogP contribution in [0, 0.1) is 11.8 Å². The van der Waals surface area contributed by atoms with Crippen molar-refractivity contribution in [2.24, 2.45) is 15.9 Å². The quantitative estimate of drug-likeness (QED) is 0.480. The van der Waals surface area contributed by atoms with E-state index in [9.17, 15) is 9.59 Å². The number of carbonyl (C=O) groups is 2. The first-order chi connectivity index (χ1) is 16.2. The minimum absolute atomic E-state index is 0.166. The van der Waals surface area contributed by atoms with Crippen LogP contribution in [0.3, 0.4) is 0 Å². The molecule has 0 aliphatic carbocycles. The van der Waals surface area contributed by atoms with Gasteiger partial charge in [-0.15, -0.1) is 0 Å². The van der Waals surface area contributed by atoms with Crippen molar-refractivity contribution in [2.75, 3.05) is 18.4 Å². The Morgan fingerprint density at radius 3 is 2.41 bits per heavy atom. The van der Waals surface area contributed by atoms with Crippen LogP contribution in [0.25, 0.3) is 0 Å². The second kappa shape index (κ2) is 11.6. The third kappa shape index (κ3) is 6.92. The maximum absolute atomic E-state index is 13.1. The molecule has 0 spiro atoms. The van der Waals surface area contributed by atoms with Crippen LogP contribution in [-0.2, 0) is 11.2 Å². The van der Waals surface area contributed by atoms with E-state index in [0.29, 0.717) is 17.2 Å². The van der Waals surface area contributed by atoms with Gasteiger partial charge in [0.2, 0.25) is 5.91 Å². The molecule has 0 radical (unpaired) electrons. The van der Waals surface area contributed by atoms with E-state index in [2.05, 4.69) is 66.9 Å². The van der Waals surface area contributed by atoms with Crippen LogP contribution in [-0.4, -0.2) is 41.2 Å². The van der Waals surface area contributed by atoms with Crippen LogP contribution in [0.4, 0.5) is 5.69 Å². The lowest BCUT2D eigenvalue weighted by molar-refractivity contribution is -0.116. The van der Waals surface area contributed by atoms with Crippen molar-refractivity contribution < 1.29 is 9.59 Å². The Labute approximate surface area is 211 Å². The molecule has 1 fully saturated rings. The molecule has 2 N–H and O–H groups in total. The molecule has 2 atom stereocenters. The molecule has 2 amide bonds. The summed E-state index contributed by atoms with van der Waals surface area (Å²) in [5.41, 5.74) is 1.86. The number of rotatable bonds is 8. The van der Waals surface area contributed by atoms with Crippen molar-refractivity contribution in [3.8, 4) is 0 Å². The highest BCUT2D eigenvalue weighted by atomic mass is 79.9. The number of hydrogen-bond donors (Lipinski definition) is 2. The molecule has 6 nitrogen and oxygen atoms in total. The number of anilines is 1. The standard InChI is InChI=1S/C27H35BrN4O2/c1-5-11-20-17-32(25(31-28)22(20)16-19-12-7-6-8-13-19)18-24(33)29-23-15-10-9-14-21(23)26(34)30-27(2,3)4/h6-10,12-15,20,22H,5,11,16-18H2,1-4H3,(H,29,33)(H,30,34)/b31-25-/t20-,22+/m0/s1. The largest absolute Gasteiger partial charge is 0.350 e. The maximum atomic E-state index is 13.1. The average Bonchev–Trinajstić information content (AvgIpc) is 3.09. The first kappa shape index (κ1) is 25.9. The topological polar surface area (TPSA) is 73.8 Å². The molecule has 1 aliphatic heterocycles. The molecule has 1 saturated heterocycles. The van der Waals surface area contributed by atoms with Crippen LogP contribution < -0.4 is 10.6 Å². The Balaban J connectivity index is 1.73. The highest BCUT2D eigenvalue weighted by molar-refractivity contribution is 9.08. The fourth-order valence-electron chi connectivity index (χ4n) is 4.56. The molecule has 0 aromatic heterocycles. The molecular formula is C27H35BrN4O2. The third-order valence-electron chi connectivity index (χ3n) is 5.99. The molecule has 0 saturated carbocycles. The molecule has 2 aromatic rings. The SMILES string of the molecule is CCC[C@H]1CN(CC(=O)Nc2ccccc2C(=O)NC(C)(C)C)/C(=N\Br)[C@@H]1Cc1ccccc1. The highest BCUT2D eigenvalue weighted by Gasteiger charge is 2.38. The Morgan fingerprint density at radius 2 is 1.76 bits per heavy atom. The van der Waals surface area contributed by atoms with Gasteiger partial charge in [-0.2, -0.15) is 4.02 Å². The van der Waals surface area contributed by atoms with Gasteiger partial charge in [-0.3, -0.25) is 9.59 Å². The van der Waals surface area contributed by atoms with Crippen LogP contribution in [0.5, 0.6) is 0 Å². The Morgan fingerprint density at radius 1 is 1.09 bits per heavy atom. The van der Waals surface area contributed by atoms with Crippen molar-refractivity contribution in [3.63, 3.8) is 0 Å². The summed E-state index contributed by atoms with van der Waals surface area (Å²) in [6, 6.07) is 17.5. The van der Waals surface area contributed by atoms with E-state index < -0.39 is 0 Å². The smallest absolute Gasteiger partial charge is 0.253 e. The number of nitrogens with one attached hydrogen (secondary N) is 2. The minimum Gasteiger partial charge on any atom is -0.350 e. The van der Waals surface area contributed by atoms with Gasteiger partial charge >= 0.3 is 0 Å².